The lowest BCUT2D eigenvalue weighted by molar-refractivity contribution is -0.144. The number of carboxylic acids is 1. The second kappa shape index (κ2) is 4.73. The average molecular weight is 249 g/mol. The highest BCUT2D eigenvalue weighted by Gasteiger charge is 2.15. The molecule has 0 saturated carbocycles. The molecule has 0 amide bonds. The summed E-state index contributed by atoms with van der Waals surface area (Å²) in [4.78, 5) is 10.6. The summed E-state index contributed by atoms with van der Waals surface area (Å²) in [6.07, 6.45) is -0.942. The van der Waals surface area contributed by atoms with Crippen molar-refractivity contribution in [2.24, 2.45) is 0 Å². The molecule has 0 aliphatic carbocycles. The van der Waals surface area contributed by atoms with E-state index in [1.54, 1.807) is 19.1 Å². The summed E-state index contributed by atoms with van der Waals surface area (Å²) in [5.74, 6) is -0.716. The van der Waals surface area contributed by atoms with Crippen LogP contribution in [0, 0.1) is 6.92 Å². The fourth-order valence-corrected chi connectivity index (χ4v) is 1.38. The third kappa shape index (κ3) is 2.76. The van der Waals surface area contributed by atoms with Crippen LogP contribution >= 0.6 is 23.2 Å². The Balaban J connectivity index is 2.97. The van der Waals surface area contributed by atoms with Crippen LogP contribution in [0.4, 0.5) is 0 Å². The van der Waals surface area contributed by atoms with Crippen molar-refractivity contribution in [2.45, 2.75) is 20.0 Å². The molecule has 1 N–H and O–H groups in total. The van der Waals surface area contributed by atoms with Crippen LogP contribution in [0.5, 0.6) is 5.75 Å². The molecule has 0 fully saturated rings. The Morgan fingerprint density at radius 2 is 2.07 bits per heavy atom. The summed E-state index contributed by atoms with van der Waals surface area (Å²) in [6, 6.07) is 3.17. The van der Waals surface area contributed by atoms with Gasteiger partial charge < -0.3 is 9.84 Å². The summed E-state index contributed by atoms with van der Waals surface area (Å²) in [5.41, 5.74) is 0.674. The van der Waals surface area contributed by atoms with Gasteiger partial charge in [0.25, 0.3) is 0 Å². The van der Waals surface area contributed by atoms with Crippen molar-refractivity contribution >= 4 is 29.2 Å². The van der Waals surface area contributed by atoms with Crippen LogP contribution in [-0.4, -0.2) is 17.2 Å². The van der Waals surface area contributed by atoms with Crippen LogP contribution in [0.1, 0.15) is 12.5 Å². The minimum absolute atomic E-state index is 0.327. The number of ether oxygens (including phenoxy) is 1. The molecule has 1 rings (SSSR count). The predicted molar refractivity (Wildman–Crippen MR) is 58.9 cm³/mol. The third-order valence-corrected chi connectivity index (χ3v) is 2.82. The predicted octanol–water partition coefficient (Wildman–Crippen LogP) is 3.15. The van der Waals surface area contributed by atoms with Crippen molar-refractivity contribution in [1.29, 1.82) is 0 Å². The van der Waals surface area contributed by atoms with Crippen LogP contribution in [0.2, 0.25) is 10.0 Å². The van der Waals surface area contributed by atoms with Crippen molar-refractivity contribution < 1.29 is 14.6 Å². The Morgan fingerprint density at radius 3 is 2.60 bits per heavy atom. The van der Waals surface area contributed by atoms with Gasteiger partial charge in [-0.3, -0.25) is 0 Å². The summed E-state index contributed by atoms with van der Waals surface area (Å²) in [6.45, 7) is 3.17. The monoisotopic (exact) mass is 248 g/mol. The van der Waals surface area contributed by atoms with E-state index in [1.807, 2.05) is 0 Å². The standard InChI is InChI=1S/C10H10Cl2O3/c1-5-7(11)3-4-8(9(5)12)15-6(2)10(13)14/h3-4,6H,1-2H3,(H,13,14)/t6-/m1/s1. The van der Waals surface area contributed by atoms with Crippen LogP contribution in [0.25, 0.3) is 0 Å². The number of benzene rings is 1. The van der Waals surface area contributed by atoms with Crippen LogP contribution in [0.3, 0.4) is 0 Å². The van der Waals surface area contributed by atoms with Gasteiger partial charge in [0.1, 0.15) is 5.75 Å². The molecule has 82 valence electrons. The van der Waals surface area contributed by atoms with E-state index in [4.69, 9.17) is 33.0 Å². The van der Waals surface area contributed by atoms with E-state index in [0.717, 1.165) is 0 Å². The molecule has 1 aromatic carbocycles. The highest BCUT2D eigenvalue weighted by molar-refractivity contribution is 6.36. The van der Waals surface area contributed by atoms with Crippen molar-refractivity contribution in [2.75, 3.05) is 0 Å². The molecule has 0 bridgehead atoms. The SMILES string of the molecule is Cc1c(Cl)ccc(O[C@H](C)C(=O)O)c1Cl. The van der Waals surface area contributed by atoms with Gasteiger partial charge in [0, 0.05) is 5.02 Å². The van der Waals surface area contributed by atoms with Gasteiger partial charge in [-0.2, -0.15) is 0 Å². The first-order valence-electron chi connectivity index (χ1n) is 4.27. The van der Waals surface area contributed by atoms with Crippen molar-refractivity contribution in [3.05, 3.63) is 27.7 Å². The van der Waals surface area contributed by atoms with E-state index in [2.05, 4.69) is 0 Å². The lowest BCUT2D eigenvalue weighted by atomic mass is 10.2. The quantitative estimate of drug-likeness (QED) is 0.894. The molecule has 0 aromatic heterocycles. The molecule has 5 heteroatoms. The zero-order valence-corrected chi connectivity index (χ0v) is 9.76. The van der Waals surface area contributed by atoms with E-state index in [-0.39, 0.29) is 0 Å². The maximum absolute atomic E-state index is 10.6. The van der Waals surface area contributed by atoms with Crippen LogP contribution in [-0.2, 0) is 4.79 Å². The molecule has 1 atom stereocenters. The van der Waals surface area contributed by atoms with E-state index < -0.39 is 12.1 Å². The second-order valence-corrected chi connectivity index (χ2v) is 3.87. The minimum Gasteiger partial charge on any atom is -0.479 e. The lowest BCUT2D eigenvalue weighted by Crippen LogP contribution is -2.23. The average Bonchev–Trinajstić information content (AvgIpc) is 2.18. The molecule has 0 heterocycles. The lowest BCUT2D eigenvalue weighted by Gasteiger charge is -2.13. The van der Waals surface area contributed by atoms with E-state index in [1.165, 1.54) is 6.92 Å². The first-order chi connectivity index (χ1) is 6.93. The number of carboxylic acid groups (broad SMARTS) is 1. The molecule has 1 aromatic rings. The van der Waals surface area contributed by atoms with Gasteiger partial charge in [-0.1, -0.05) is 23.2 Å². The number of rotatable bonds is 3. The van der Waals surface area contributed by atoms with Gasteiger partial charge in [-0.25, -0.2) is 4.79 Å². The second-order valence-electron chi connectivity index (χ2n) is 3.08. The summed E-state index contributed by atoms with van der Waals surface area (Å²) in [5, 5.41) is 9.53. The third-order valence-electron chi connectivity index (χ3n) is 1.94. The molecular formula is C10H10Cl2O3. The topological polar surface area (TPSA) is 46.5 Å². The van der Waals surface area contributed by atoms with Gasteiger partial charge in [0.2, 0.25) is 0 Å². The molecule has 0 aliphatic rings. The number of halogens is 2. The maximum atomic E-state index is 10.6. The Labute approximate surface area is 97.6 Å². The largest absolute Gasteiger partial charge is 0.479 e. The molecule has 0 aliphatic heterocycles. The van der Waals surface area contributed by atoms with Gasteiger partial charge in [0.15, 0.2) is 6.10 Å². The van der Waals surface area contributed by atoms with E-state index >= 15 is 0 Å². The fraction of sp³-hybridized carbons (Fsp3) is 0.300. The Bertz CT molecular complexity index is 390. The maximum Gasteiger partial charge on any atom is 0.344 e. The fourth-order valence-electron chi connectivity index (χ4n) is 0.969. The Hall–Kier alpha value is -0.930. The number of carbonyl (C=O) groups is 1. The summed E-state index contributed by atoms with van der Waals surface area (Å²) in [7, 11) is 0. The van der Waals surface area contributed by atoms with Crippen molar-refractivity contribution in [3.63, 3.8) is 0 Å². The molecule has 0 saturated heterocycles. The van der Waals surface area contributed by atoms with E-state index in [9.17, 15) is 4.79 Å². The van der Waals surface area contributed by atoms with Gasteiger partial charge >= 0.3 is 5.97 Å². The Kier molecular flexibility index (Phi) is 3.83. The molecule has 0 unspecified atom stereocenters. The smallest absolute Gasteiger partial charge is 0.344 e. The highest BCUT2D eigenvalue weighted by Crippen LogP contribution is 2.33. The molecule has 0 radical (unpaired) electrons. The Morgan fingerprint density at radius 1 is 1.47 bits per heavy atom. The van der Waals surface area contributed by atoms with Crippen LogP contribution < -0.4 is 4.74 Å². The summed E-state index contributed by atoms with van der Waals surface area (Å²) >= 11 is 11.8. The van der Waals surface area contributed by atoms with Gasteiger partial charge in [-0.05, 0) is 31.5 Å². The number of hydrogen-bond acceptors (Lipinski definition) is 2. The van der Waals surface area contributed by atoms with Crippen LogP contribution in [0.15, 0.2) is 12.1 Å². The minimum atomic E-state index is -1.04. The highest BCUT2D eigenvalue weighted by atomic mass is 35.5. The van der Waals surface area contributed by atoms with Crippen molar-refractivity contribution in [3.8, 4) is 5.75 Å². The molecule has 3 nitrogen and oxygen atoms in total. The summed E-state index contributed by atoms with van der Waals surface area (Å²) < 4.78 is 5.15. The van der Waals surface area contributed by atoms with Gasteiger partial charge in [-0.15, -0.1) is 0 Å². The molecule has 15 heavy (non-hydrogen) atoms. The number of hydrogen-bond donors (Lipinski definition) is 1. The first-order valence-corrected chi connectivity index (χ1v) is 5.03. The van der Waals surface area contributed by atoms with E-state index in [0.29, 0.717) is 21.4 Å². The zero-order chi connectivity index (χ0) is 11.6. The number of aliphatic carboxylic acids is 1. The molecular weight excluding hydrogens is 239 g/mol. The van der Waals surface area contributed by atoms with Gasteiger partial charge in [0.05, 0.1) is 5.02 Å². The zero-order valence-electron chi connectivity index (χ0n) is 8.25. The normalized spacial score (nSPS) is 12.3. The van der Waals surface area contributed by atoms with Crippen molar-refractivity contribution in [1.82, 2.24) is 0 Å². The molecule has 0 spiro atoms. The first kappa shape index (κ1) is 12.1.